The first-order valence-electron chi connectivity index (χ1n) is 10.5. The standard InChI is InChI=1S/C22H34N2O6/c1-14-9-18(26)19(27)10-17(14)21(29)30-12-16(25)11-24-22(2,3)13-23-20(28)15-7-5-4-6-8-15/h9-10,15-16,24-27H,4-8,11-13H2,1-3H3,(H,23,28). The molecule has 0 aromatic heterocycles. The number of esters is 1. The fourth-order valence-corrected chi connectivity index (χ4v) is 3.48. The van der Waals surface area contributed by atoms with E-state index in [1.807, 2.05) is 13.8 Å². The molecule has 8 heteroatoms. The zero-order chi connectivity index (χ0) is 22.3. The highest BCUT2D eigenvalue weighted by Gasteiger charge is 2.25. The number of nitrogens with one attached hydrogen (secondary N) is 2. The summed E-state index contributed by atoms with van der Waals surface area (Å²) < 4.78 is 5.12. The first kappa shape index (κ1) is 24.0. The average molecular weight is 423 g/mol. The van der Waals surface area contributed by atoms with Gasteiger partial charge in [-0.05, 0) is 51.3 Å². The third-order valence-electron chi connectivity index (χ3n) is 5.45. The van der Waals surface area contributed by atoms with Gasteiger partial charge >= 0.3 is 5.97 Å². The van der Waals surface area contributed by atoms with Crippen LogP contribution in [0.15, 0.2) is 12.1 Å². The van der Waals surface area contributed by atoms with Gasteiger partial charge in [0.15, 0.2) is 11.5 Å². The highest BCUT2D eigenvalue weighted by molar-refractivity contribution is 5.92. The number of benzene rings is 1. The van der Waals surface area contributed by atoms with Crippen LogP contribution in [0.4, 0.5) is 0 Å². The van der Waals surface area contributed by atoms with E-state index in [2.05, 4.69) is 10.6 Å². The Bertz CT molecular complexity index is 743. The molecule has 5 N–H and O–H groups in total. The molecular weight excluding hydrogens is 388 g/mol. The summed E-state index contributed by atoms with van der Waals surface area (Å²) in [5.41, 5.74) is 0.142. The largest absolute Gasteiger partial charge is 0.504 e. The fraction of sp³-hybridized carbons (Fsp3) is 0.636. The van der Waals surface area contributed by atoms with Gasteiger partial charge in [-0.15, -0.1) is 0 Å². The van der Waals surface area contributed by atoms with Crippen molar-refractivity contribution in [3.05, 3.63) is 23.3 Å². The monoisotopic (exact) mass is 422 g/mol. The first-order chi connectivity index (χ1) is 14.1. The number of β-amino-alcohol motifs (C(OH)–C–C–N with tert-alkyl or cyclic N) is 1. The van der Waals surface area contributed by atoms with Gasteiger partial charge in [0.25, 0.3) is 0 Å². The van der Waals surface area contributed by atoms with Gasteiger partial charge < -0.3 is 30.7 Å². The molecule has 1 aliphatic rings. The summed E-state index contributed by atoms with van der Waals surface area (Å²) in [5.74, 6) is -1.23. The van der Waals surface area contributed by atoms with Gasteiger partial charge in [-0.1, -0.05) is 19.3 Å². The molecule has 30 heavy (non-hydrogen) atoms. The summed E-state index contributed by atoms with van der Waals surface area (Å²) in [4.78, 5) is 24.5. The number of phenolic OH excluding ortho intramolecular Hbond substituents is 2. The van der Waals surface area contributed by atoms with Crippen molar-refractivity contribution in [2.45, 2.75) is 64.5 Å². The van der Waals surface area contributed by atoms with E-state index < -0.39 is 23.4 Å². The molecule has 1 saturated carbocycles. The van der Waals surface area contributed by atoms with Crippen molar-refractivity contribution >= 4 is 11.9 Å². The SMILES string of the molecule is Cc1cc(O)c(O)cc1C(=O)OCC(O)CNC(C)(C)CNC(=O)C1CCCCC1. The molecule has 1 atom stereocenters. The molecule has 2 rings (SSSR count). The number of phenols is 2. The number of ether oxygens (including phenoxy) is 1. The van der Waals surface area contributed by atoms with E-state index in [1.165, 1.54) is 12.5 Å². The predicted octanol–water partition coefficient (Wildman–Crippen LogP) is 1.99. The van der Waals surface area contributed by atoms with Crippen LogP contribution in [0.25, 0.3) is 0 Å². The van der Waals surface area contributed by atoms with Crippen LogP contribution in [0.5, 0.6) is 11.5 Å². The van der Waals surface area contributed by atoms with Gasteiger partial charge in [0, 0.05) is 24.5 Å². The highest BCUT2D eigenvalue weighted by Crippen LogP contribution is 2.28. The molecule has 8 nitrogen and oxygen atoms in total. The van der Waals surface area contributed by atoms with E-state index in [0.717, 1.165) is 31.7 Å². The summed E-state index contributed by atoms with van der Waals surface area (Å²) in [6.07, 6.45) is 4.37. The molecule has 1 amide bonds. The Morgan fingerprint density at radius 1 is 1.17 bits per heavy atom. The lowest BCUT2D eigenvalue weighted by Gasteiger charge is -2.29. The van der Waals surface area contributed by atoms with Crippen molar-refractivity contribution < 1.29 is 29.6 Å². The molecule has 168 valence electrons. The number of amides is 1. The second kappa shape index (κ2) is 10.6. The van der Waals surface area contributed by atoms with Crippen molar-refractivity contribution in [2.75, 3.05) is 19.7 Å². The van der Waals surface area contributed by atoms with E-state index in [-0.39, 0.29) is 36.3 Å². The summed E-state index contributed by atoms with van der Waals surface area (Å²) >= 11 is 0. The number of carbonyl (C=O) groups is 2. The maximum atomic E-state index is 12.3. The average Bonchev–Trinajstić information content (AvgIpc) is 2.72. The minimum atomic E-state index is -0.937. The van der Waals surface area contributed by atoms with Crippen LogP contribution in [-0.4, -0.2) is 58.5 Å². The molecule has 0 spiro atoms. The van der Waals surface area contributed by atoms with Crippen LogP contribution in [0.2, 0.25) is 0 Å². The van der Waals surface area contributed by atoms with E-state index in [0.29, 0.717) is 12.1 Å². The number of aromatic hydroxyl groups is 2. The zero-order valence-corrected chi connectivity index (χ0v) is 18.0. The Labute approximate surface area is 177 Å². The van der Waals surface area contributed by atoms with Gasteiger partial charge in [0.05, 0.1) is 5.56 Å². The minimum absolute atomic E-state index is 0.0894. The van der Waals surface area contributed by atoms with E-state index >= 15 is 0 Å². The lowest BCUT2D eigenvalue weighted by atomic mass is 9.88. The summed E-state index contributed by atoms with van der Waals surface area (Å²) in [5, 5.41) is 35.3. The van der Waals surface area contributed by atoms with Crippen molar-refractivity contribution in [1.82, 2.24) is 10.6 Å². The second-order valence-corrected chi connectivity index (χ2v) is 8.73. The Morgan fingerprint density at radius 3 is 2.47 bits per heavy atom. The molecule has 0 aliphatic heterocycles. The summed E-state index contributed by atoms with van der Waals surface area (Å²) in [6.45, 7) is 5.85. The Hall–Kier alpha value is -2.32. The number of hydrogen-bond donors (Lipinski definition) is 5. The molecule has 0 saturated heterocycles. The van der Waals surface area contributed by atoms with Crippen molar-refractivity contribution in [3.8, 4) is 11.5 Å². The van der Waals surface area contributed by atoms with Crippen molar-refractivity contribution in [2.24, 2.45) is 5.92 Å². The van der Waals surface area contributed by atoms with Gasteiger partial charge in [-0.3, -0.25) is 4.79 Å². The zero-order valence-electron chi connectivity index (χ0n) is 18.0. The number of hydrogen-bond acceptors (Lipinski definition) is 7. The maximum Gasteiger partial charge on any atom is 0.338 e. The van der Waals surface area contributed by atoms with Gasteiger partial charge in [-0.25, -0.2) is 4.79 Å². The molecule has 1 fully saturated rings. The predicted molar refractivity (Wildman–Crippen MR) is 112 cm³/mol. The third kappa shape index (κ3) is 7.18. The van der Waals surface area contributed by atoms with Crippen molar-refractivity contribution in [3.63, 3.8) is 0 Å². The van der Waals surface area contributed by atoms with E-state index in [9.17, 15) is 24.9 Å². The molecule has 1 aliphatic carbocycles. The molecule has 1 aromatic rings. The van der Waals surface area contributed by atoms with Crippen LogP contribution >= 0.6 is 0 Å². The molecule has 0 bridgehead atoms. The second-order valence-electron chi connectivity index (χ2n) is 8.73. The smallest absolute Gasteiger partial charge is 0.338 e. The van der Waals surface area contributed by atoms with Crippen LogP contribution in [0, 0.1) is 12.8 Å². The lowest BCUT2D eigenvalue weighted by Crippen LogP contribution is -2.52. The summed E-state index contributed by atoms with van der Waals surface area (Å²) in [7, 11) is 0. The number of aryl methyl sites for hydroxylation is 1. The third-order valence-corrected chi connectivity index (χ3v) is 5.45. The van der Waals surface area contributed by atoms with Gasteiger partial charge in [0.2, 0.25) is 5.91 Å². The maximum absolute atomic E-state index is 12.3. The fourth-order valence-electron chi connectivity index (χ4n) is 3.48. The number of carbonyl (C=O) groups excluding carboxylic acids is 2. The molecule has 0 radical (unpaired) electrons. The van der Waals surface area contributed by atoms with Gasteiger partial charge in [-0.2, -0.15) is 0 Å². The van der Waals surface area contributed by atoms with Crippen LogP contribution < -0.4 is 10.6 Å². The van der Waals surface area contributed by atoms with E-state index in [4.69, 9.17) is 4.74 Å². The molecule has 1 unspecified atom stereocenters. The van der Waals surface area contributed by atoms with Crippen LogP contribution in [0.3, 0.4) is 0 Å². The Morgan fingerprint density at radius 2 is 1.80 bits per heavy atom. The van der Waals surface area contributed by atoms with E-state index in [1.54, 1.807) is 6.92 Å². The molecular formula is C22H34N2O6. The number of rotatable bonds is 9. The quantitative estimate of drug-likeness (QED) is 0.304. The molecule has 1 aromatic carbocycles. The molecule has 0 heterocycles. The summed E-state index contributed by atoms with van der Waals surface area (Å²) in [6, 6.07) is 2.41. The minimum Gasteiger partial charge on any atom is -0.504 e. The van der Waals surface area contributed by atoms with Crippen molar-refractivity contribution in [1.29, 1.82) is 0 Å². The topological polar surface area (TPSA) is 128 Å². The van der Waals surface area contributed by atoms with Gasteiger partial charge in [0.1, 0.15) is 12.7 Å². The number of aliphatic hydroxyl groups excluding tert-OH is 1. The highest BCUT2D eigenvalue weighted by atomic mass is 16.5. The Kier molecular flexibility index (Phi) is 8.49. The first-order valence-corrected chi connectivity index (χ1v) is 10.5. The lowest BCUT2D eigenvalue weighted by molar-refractivity contribution is -0.126. The van der Waals surface area contributed by atoms with Crippen LogP contribution in [-0.2, 0) is 9.53 Å². The normalized spacial score (nSPS) is 16.1. The number of aliphatic hydroxyl groups is 1. The Balaban J connectivity index is 1.73. The van der Waals surface area contributed by atoms with Crippen LogP contribution in [0.1, 0.15) is 61.9 Å².